The Morgan fingerprint density at radius 2 is 1.79 bits per heavy atom. The van der Waals surface area contributed by atoms with E-state index < -0.39 is 0 Å². The van der Waals surface area contributed by atoms with Crippen LogP contribution in [0.25, 0.3) is 0 Å². The molecule has 0 bridgehead atoms. The lowest BCUT2D eigenvalue weighted by molar-refractivity contribution is 0.589. The highest BCUT2D eigenvalue weighted by atomic mass is 32.1. The van der Waals surface area contributed by atoms with E-state index in [0.29, 0.717) is 0 Å². The number of nitrogens with one attached hydrogen (secondary N) is 1. The first-order valence-electron chi connectivity index (χ1n) is 6.50. The Morgan fingerprint density at radius 1 is 1.16 bits per heavy atom. The summed E-state index contributed by atoms with van der Waals surface area (Å²) in [6.07, 6.45) is 0. The maximum atomic E-state index is 4.10. The number of nitrogens with zero attached hydrogens (tertiary/aromatic N) is 2. The van der Waals surface area contributed by atoms with Gasteiger partial charge in [-0.15, -0.1) is 5.10 Å². The number of hydrogen-bond donors (Lipinski definition) is 1. The van der Waals surface area contributed by atoms with Crippen molar-refractivity contribution in [2.45, 2.75) is 39.2 Å². The number of aromatic nitrogens is 2. The van der Waals surface area contributed by atoms with Gasteiger partial charge in [0.1, 0.15) is 0 Å². The molecule has 0 saturated carbocycles. The summed E-state index contributed by atoms with van der Waals surface area (Å²) < 4.78 is 4.02. The molecular weight excluding hydrogens is 254 g/mol. The van der Waals surface area contributed by atoms with E-state index in [1.807, 2.05) is 14.0 Å². The van der Waals surface area contributed by atoms with Gasteiger partial charge in [-0.25, -0.2) is 0 Å². The van der Waals surface area contributed by atoms with Gasteiger partial charge in [0.05, 0.1) is 16.6 Å². The smallest absolute Gasteiger partial charge is 0.0776 e. The molecule has 0 radical (unpaired) electrons. The van der Waals surface area contributed by atoms with Gasteiger partial charge in [0.15, 0.2) is 0 Å². The molecule has 0 spiro atoms. The van der Waals surface area contributed by atoms with E-state index in [1.54, 1.807) is 0 Å². The number of hydrogen-bond acceptors (Lipinski definition) is 4. The molecule has 2 rings (SSSR count). The molecule has 0 aliphatic heterocycles. The molecule has 1 aromatic carbocycles. The van der Waals surface area contributed by atoms with Crippen LogP contribution in [-0.2, 0) is 5.41 Å². The van der Waals surface area contributed by atoms with Crippen LogP contribution in [0.1, 0.15) is 48.5 Å². The first kappa shape index (κ1) is 14.2. The fraction of sp³-hybridized carbons (Fsp3) is 0.467. The molecule has 1 atom stereocenters. The van der Waals surface area contributed by atoms with Gasteiger partial charge in [-0.05, 0) is 42.0 Å². The molecule has 0 saturated heterocycles. The Kier molecular flexibility index (Phi) is 4.02. The first-order chi connectivity index (χ1) is 8.93. The summed E-state index contributed by atoms with van der Waals surface area (Å²) in [7, 11) is 1.97. The monoisotopic (exact) mass is 275 g/mol. The molecule has 0 aliphatic rings. The number of aryl methyl sites for hydroxylation is 1. The van der Waals surface area contributed by atoms with Gasteiger partial charge in [0, 0.05) is 0 Å². The summed E-state index contributed by atoms with van der Waals surface area (Å²) in [4.78, 5) is 1.19. The molecule has 102 valence electrons. The lowest BCUT2D eigenvalue weighted by atomic mass is 9.86. The van der Waals surface area contributed by atoms with Crippen LogP contribution in [0.15, 0.2) is 24.3 Å². The van der Waals surface area contributed by atoms with Gasteiger partial charge in [-0.1, -0.05) is 49.5 Å². The zero-order chi connectivity index (χ0) is 14.0. The summed E-state index contributed by atoms with van der Waals surface area (Å²) in [5, 5.41) is 7.45. The average Bonchev–Trinajstić information content (AvgIpc) is 2.76. The second-order valence-corrected chi connectivity index (χ2v) is 6.60. The van der Waals surface area contributed by atoms with Crippen molar-refractivity contribution in [2.75, 3.05) is 7.05 Å². The minimum Gasteiger partial charge on any atom is -0.309 e. The first-order valence-corrected chi connectivity index (χ1v) is 7.27. The van der Waals surface area contributed by atoms with E-state index in [2.05, 4.69) is 59.9 Å². The molecule has 19 heavy (non-hydrogen) atoms. The third-order valence-corrected chi connectivity index (χ3v) is 4.24. The minimum atomic E-state index is 0.175. The second-order valence-electron chi connectivity index (χ2n) is 5.82. The van der Waals surface area contributed by atoms with Crippen LogP contribution in [0.2, 0.25) is 0 Å². The van der Waals surface area contributed by atoms with Crippen molar-refractivity contribution in [2.24, 2.45) is 0 Å². The quantitative estimate of drug-likeness (QED) is 0.932. The number of rotatable bonds is 3. The average molecular weight is 275 g/mol. The molecule has 2 aromatic rings. The molecule has 1 N–H and O–H groups in total. The highest BCUT2D eigenvalue weighted by molar-refractivity contribution is 7.05. The molecule has 1 unspecified atom stereocenters. The fourth-order valence-corrected chi connectivity index (χ4v) is 2.91. The van der Waals surface area contributed by atoms with E-state index in [1.165, 1.54) is 27.5 Å². The van der Waals surface area contributed by atoms with Crippen LogP contribution in [0.4, 0.5) is 0 Å². The van der Waals surface area contributed by atoms with Gasteiger partial charge < -0.3 is 5.32 Å². The minimum absolute atomic E-state index is 0.175. The van der Waals surface area contributed by atoms with Crippen LogP contribution in [0, 0.1) is 6.92 Å². The topological polar surface area (TPSA) is 37.8 Å². The van der Waals surface area contributed by atoms with Crippen molar-refractivity contribution in [3.63, 3.8) is 0 Å². The summed E-state index contributed by atoms with van der Waals surface area (Å²) >= 11 is 1.46. The van der Waals surface area contributed by atoms with Gasteiger partial charge in [0.2, 0.25) is 0 Å². The summed E-state index contributed by atoms with van der Waals surface area (Å²) in [5.74, 6) is 0. The van der Waals surface area contributed by atoms with E-state index >= 15 is 0 Å². The lowest BCUT2D eigenvalue weighted by Crippen LogP contribution is -2.18. The Morgan fingerprint density at radius 3 is 2.21 bits per heavy atom. The van der Waals surface area contributed by atoms with Crippen LogP contribution >= 0.6 is 11.5 Å². The summed E-state index contributed by atoms with van der Waals surface area (Å²) in [5.41, 5.74) is 3.80. The van der Waals surface area contributed by atoms with Crippen LogP contribution in [-0.4, -0.2) is 16.6 Å². The Bertz CT molecular complexity index is 537. The Balaban J connectivity index is 2.33. The maximum Gasteiger partial charge on any atom is 0.0776 e. The Hall–Kier alpha value is -1.26. The molecule has 0 aliphatic carbocycles. The maximum absolute atomic E-state index is 4.10. The molecule has 4 heteroatoms. The van der Waals surface area contributed by atoms with Gasteiger partial charge in [0.25, 0.3) is 0 Å². The van der Waals surface area contributed by atoms with Crippen molar-refractivity contribution in [1.29, 1.82) is 0 Å². The van der Waals surface area contributed by atoms with Crippen LogP contribution in [0.5, 0.6) is 0 Å². The van der Waals surface area contributed by atoms with Gasteiger partial charge in [-0.3, -0.25) is 0 Å². The third kappa shape index (κ3) is 3.01. The predicted octanol–water partition coefficient (Wildman–Crippen LogP) is 3.45. The van der Waals surface area contributed by atoms with Crippen molar-refractivity contribution in [1.82, 2.24) is 14.9 Å². The normalized spacial score (nSPS) is 13.5. The fourth-order valence-electron chi connectivity index (χ4n) is 2.13. The molecule has 1 heterocycles. The van der Waals surface area contributed by atoms with E-state index in [-0.39, 0.29) is 11.5 Å². The summed E-state index contributed by atoms with van der Waals surface area (Å²) in [6.45, 7) is 8.70. The van der Waals surface area contributed by atoms with E-state index in [9.17, 15) is 0 Å². The molecular formula is C15H21N3S. The van der Waals surface area contributed by atoms with Crippen LogP contribution < -0.4 is 5.32 Å². The van der Waals surface area contributed by atoms with Crippen molar-refractivity contribution < 1.29 is 0 Å². The zero-order valence-corrected chi connectivity index (χ0v) is 13.0. The standard InChI is InChI=1S/C15H21N3S/c1-10-14(19-18-17-10)13(16-5)11-6-8-12(9-7-11)15(2,3)4/h6-9,13,16H,1-5H3. The zero-order valence-electron chi connectivity index (χ0n) is 12.2. The molecule has 1 aromatic heterocycles. The second kappa shape index (κ2) is 5.39. The summed E-state index contributed by atoms with van der Waals surface area (Å²) in [6, 6.07) is 8.99. The Labute approximate surface area is 119 Å². The highest BCUT2D eigenvalue weighted by Gasteiger charge is 2.19. The van der Waals surface area contributed by atoms with Crippen molar-refractivity contribution in [3.05, 3.63) is 46.0 Å². The largest absolute Gasteiger partial charge is 0.309 e. The SMILES string of the molecule is CNC(c1ccc(C(C)(C)C)cc1)c1snnc1C. The van der Waals surface area contributed by atoms with E-state index in [0.717, 1.165) is 5.69 Å². The molecule has 0 amide bonds. The molecule has 0 fully saturated rings. The number of benzene rings is 1. The third-order valence-electron chi connectivity index (χ3n) is 3.35. The van der Waals surface area contributed by atoms with Gasteiger partial charge >= 0.3 is 0 Å². The van der Waals surface area contributed by atoms with Crippen LogP contribution in [0.3, 0.4) is 0 Å². The lowest BCUT2D eigenvalue weighted by Gasteiger charge is -2.21. The molecule has 3 nitrogen and oxygen atoms in total. The highest BCUT2D eigenvalue weighted by Crippen LogP contribution is 2.29. The van der Waals surface area contributed by atoms with Gasteiger partial charge in [-0.2, -0.15) is 0 Å². The van der Waals surface area contributed by atoms with E-state index in [4.69, 9.17) is 0 Å². The van der Waals surface area contributed by atoms with Crippen molar-refractivity contribution in [3.8, 4) is 0 Å². The van der Waals surface area contributed by atoms with Crippen molar-refractivity contribution >= 4 is 11.5 Å². The predicted molar refractivity (Wildman–Crippen MR) is 80.7 cm³/mol.